The number of carbonyl (C=O) groups is 2. The highest BCUT2D eigenvalue weighted by Crippen LogP contribution is 2.31. The van der Waals surface area contributed by atoms with Crippen molar-refractivity contribution in [2.75, 3.05) is 18.5 Å². The molecule has 1 fully saturated rings. The first-order chi connectivity index (χ1) is 13.3. The van der Waals surface area contributed by atoms with Gasteiger partial charge in [-0.25, -0.2) is 13.2 Å². The summed E-state index contributed by atoms with van der Waals surface area (Å²) >= 11 is 2.28. The summed E-state index contributed by atoms with van der Waals surface area (Å²) in [5, 5.41) is 5.00. The van der Waals surface area contributed by atoms with Gasteiger partial charge in [0.15, 0.2) is 0 Å². The van der Waals surface area contributed by atoms with E-state index in [2.05, 4.69) is 5.32 Å². The topological polar surface area (TPSA) is 92.8 Å². The predicted molar refractivity (Wildman–Crippen MR) is 109 cm³/mol. The van der Waals surface area contributed by atoms with Crippen molar-refractivity contribution >= 4 is 49.6 Å². The van der Waals surface area contributed by atoms with E-state index in [9.17, 15) is 18.0 Å². The highest BCUT2D eigenvalue weighted by Gasteiger charge is 2.38. The Morgan fingerprint density at radius 3 is 2.82 bits per heavy atom. The van der Waals surface area contributed by atoms with Crippen molar-refractivity contribution in [1.29, 1.82) is 0 Å². The molecule has 0 aliphatic carbocycles. The van der Waals surface area contributed by atoms with Crippen LogP contribution in [-0.2, 0) is 19.6 Å². The number of sulfonamides is 1. The number of anilines is 1. The van der Waals surface area contributed by atoms with E-state index in [1.165, 1.54) is 4.31 Å². The van der Waals surface area contributed by atoms with Gasteiger partial charge in [0, 0.05) is 6.54 Å². The standard InChI is InChI=1S/C18H22N2O5S3/c1-3-25-18(22)16-12(2)11-14(27-16)19-17(21)13-7-4-5-9-20(13)28(23,24)15-8-6-10-26-15/h6,8,10-11,13H,3-5,7,9H2,1-2H3,(H,19,21)/t13-/m0/s1. The molecule has 10 heteroatoms. The van der Waals surface area contributed by atoms with Crippen molar-refractivity contribution in [2.45, 2.75) is 43.4 Å². The molecule has 0 unspecified atom stereocenters. The molecule has 1 N–H and O–H groups in total. The summed E-state index contributed by atoms with van der Waals surface area (Å²) < 4.78 is 32.4. The van der Waals surface area contributed by atoms with Crippen LogP contribution >= 0.6 is 22.7 Å². The highest BCUT2D eigenvalue weighted by atomic mass is 32.2. The molecule has 0 spiro atoms. The summed E-state index contributed by atoms with van der Waals surface area (Å²) in [5.41, 5.74) is 0.713. The van der Waals surface area contributed by atoms with Crippen LogP contribution in [-0.4, -0.2) is 43.8 Å². The molecule has 0 saturated carbocycles. The molecular formula is C18H22N2O5S3. The zero-order valence-corrected chi connectivity index (χ0v) is 18.1. The summed E-state index contributed by atoms with van der Waals surface area (Å²) in [5.74, 6) is -0.804. The van der Waals surface area contributed by atoms with Gasteiger partial charge >= 0.3 is 5.97 Å². The van der Waals surface area contributed by atoms with Gasteiger partial charge in [0.2, 0.25) is 5.91 Å². The Morgan fingerprint density at radius 2 is 2.14 bits per heavy atom. The van der Waals surface area contributed by atoms with Gasteiger partial charge in [0.25, 0.3) is 10.0 Å². The SMILES string of the molecule is CCOC(=O)c1sc(NC(=O)[C@@H]2CCCCN2S(=O)(=O)c2cccs2)cc1C. The number of rotatable bonds is 6. The second-order valence-electron chi connectivity index (χ2n) is 6.39. The third kappa shape index (κ3) is 4.29. The predicted octanol–water partition coefficient (Wildman–Crippen LogP) is 3.48. The van der Waals surface area contributed by atoms with E-state index in [4.69, 9.17) is 4.74 Å². The van der Waals surface area contributed by atoms with Crippen LogP contribution in [0.3, 0.4) is 0 Å². The molecule has 1 aliphatic rings. The molecule has 2 aromatic heterocycles. The zero-order valence-electron chi connectivity index (χ0n) is 15.6. The zero-order chi connectivity index (χ0) is 20.3. The summed E-state index contributed by atoms with van der Waals surface area (Å²) in [6.45, 7) is 4.09. The van der Waals surface area contributed by atoms with Crippen LogP contribution in [0.2, 0.25) is 0 Å². The van der Waals surface area contributed by atoms with Gasteiger partial charge in [-0.3, -0.25) is 4.79 Å². The van der Waals surface area contributed by atoms with E-state index in [1.807, 2.05) is 0 Å². The summed E-state index contributed by atoms with van der Waals surface area (Å²) in [7, 11) is -3.71. The van der Waals surface area contributed by atoms with Gasteiger partial charge < -0.3 is 10.1 Å². The number of nitrogens with zero attached hydrogens (tertiary/aromatic N) is 1. The molecule has 3 heterocycles. The molecule has 1 saturated heterocycles. The second-order valence-corrected chi connectivity index (χ2v) is 10.5. The number of thiophene rings is 2. The lowest BCUT2D eigenvalue weighted by Gasteiger charge is -2.33. The molecule has 1 aliphatic heterocycles. The lowest BCUT2D eigenvalue weighted by atomic mass is 10.0. The average Bonchev–Trinajstić information content (AvgIpc) is 3.32. The van der Waals surface area contributed by atoms with E-state index >= 15 is 0 Å². The van der Waals surface area contributed by atoms with Gasteiger partial charge in [-0.05, 0) is 49.8 Å². The Hall–Kier alpha value is -1.75. The Bertz CT molecular complexity index is 950. The fraction of sp³-hybridized carbons (Fsp3) is 0.444. The van der Waals surface area contributed by atoms with Crippen molar-refractivity contribution in [3.05, 3.63) is 34.0 Å². The molecule has 0 aromatic carbocycles. The quantitative estimate of drug-likeness (QED) is 0.692. The van der Waals surface area contributed by atoms with Crippen LogP contribution in [0.25, 0.3) is 0 Å². The van der Waals surface area contributed by atoms with Crippen LogP contribution in [0.4, 0.5) is 5.00 Å². The third-order valence-electron chi connectivity index (χ3n) is 4.44. The van der Waals surface area contributed by atoms with E-state index in [-0.39, 0.29) is 16.7 Å². The third-order valence-corrected chi connectivity index (χ3v) is 8.85. The Balaban J connectivity index is 1.79. The molecule has 1 atom stereocenters. The maximum absolute atomic E-state index is 12.9. The van der Waals surface area contributed by atoms with Crippen molar-refractivity contribution in [1.82, 2.24) is 4.31 Å². The fourth-order valence-electron chi connectivity index (χ4n) is 3.13. The first kappa shape index (κ1) is 21.0. The molecule has 0 radical (unpaired) electrons. The minimum Gasteiger partial charge on any atom is -0.462 e. The largest absolute Gasteiger partial charge is 0.462 e. The minimum absolute atomic E-state index is 0.240. The average molecular weight is 443 g/mol. The molecule has 2 aromatic rings. The first-order valence-corrected chi connectivity index (χ1v) is 12.1. The van der Waals surface area contributed by atoms with Crippen molar-refractivity contribution < 1.29 is 22.7 Å². The monoisotopic (exact) mass is 442 g/mol. The maximum atomic E-state index is 12.9. The smallest absolute Gasteiger partial charge is 0.348 e. The Morgan fingerprint density at radius 1 is 1.36 bits per heavy atom. The number of carbonyl (C=O) groups excluding carboxylic acids is 2. The normalized spacial score (nSPS) is 18.0. The first-order valence-electron chi connectivity index (χ1n) is 8.98. The second kappa shape index (κ2) is 8.73. The number of nitrogens with one attached hydrogen (secondary N) is 1. The van der Waals surface area contributed by atoms with Gasteiger partial charge in [0.05, 0.1) is 11.6 Å². The number of aryl methyl sites for hydroxylation is 1. The number of piperidine rings is 1. The number of hydrogen-bond donors (Lipinski definition) is 1. The molecule has 7 nitrogen and oxygen atoms in total. The molecule has 28 heavy (non-hydrogen) atoms. The lowest BCUT2D eigenvalue weighted by Crippen LogP contribution is -2.49. The van der Waals surface area contributed by atoms with Gasteiger partial charge in [0.1, 0.15) is 15.1 Å². The summed E-state index contributed by atoms with van der Waals surface area (Å²) in [6, 6.07) is 4.17. The van der Waals surface area contributed by atoms with Gasteiger partial charge in [-0.2, -0.15) is 4.31 Å². The van der Waals surface area contributed by atoms with E-state index in [1.54, 1.807) is 37.4 Å². The van der Waals surface area contributed by atoms with Crippen LogP contribution in [0.15, 0.2) is 27.8 Å². The van der Waals surface area contributed by atoms with Crippen LogP contribution in [0.1, 0.15) is 41.4 Å². The van der Waals surface area contributed by atoms with Crippen LogP contribution in [0, 0.1) is 6.92 Å². The maximum Gasteiger partial charge on any atom is 0.348 e. The lowest BCUT2D eigenvalue weighted by molar-refractivity contribution is -0.120. The van der Waals surface area contributed by atoms with Crippen molar-refractivity contribution in [3.8, 4) is 0 Å². The highest BCUT2D eigenvalue weighted by molar-refractivity contribution is 7.91. The summed E-state index contributed by atoms with van der Waals surface area (Å²) in [6.07, 6.45) is 1.97. The van der Waals surface area contributed by atoms with Gasteiger partial charge in [-0.15, -0.1) is 22.7 Å². The van der Waals surface area contributed by atoms with Crippen molar-refractivity contribution in [3.63, 3.8) is 0 Å². The number of esters is 1. The van der Waals surface area contributed by atoms with E-state index in [0.29, 0.717) is 28.4 Å². The van der Waals surface area contributed by atoms with E-state index < -0.39 is 22.0 Å². The Labute approximate surface area is 172 Å². The molecule has 0 bridgehead atoms. The molecular weight excluding hydrogens is 420 g/mol. The molecule has 3 rings (SSSR count). The number of hydrogen-bond acceptors (Lipinski definition) is 7. The number of ether oxygens (including phenoxy) is 1. The minimum atomic E-state index is -3.71. The Kier molecular flexibility index (Phi) is 6.54. The van der Waals surface area contributed by atoms with Crippen molar-refractivity contribution in [2.24, 2.45) is 0 Å². The molecule has 152 valence electrons. The van der Waals surface area contributed by atoms with E-state index in [0.717, 1.165) is 35.5 Å². The molecule has 1 amide bonds. The fourth-order valence-corrected chi connectivity index (χ4v) is 6.87. The summed E-state index contributed by atoms with van der Waals surface area (Å²) in [4.78, 5) is 25.3. The number of amides is 1. The van der Waals surface area contributed by atoms with Crippen LogP contribution in [0.5, 0.6) is 0 Å². The van der Waals surface area contributed by atoms with Crippen LogP contribution < -0.4 is 5.32 Å². The van der Waals surface area contributed by atoms with Gasteiger partial charge in [-0.1, -0.05) is 12.5 Å².